The maximum absolute atomic E-state index is 11.5. The van der Waals surface area contributed by atoms with Gasteiger partial charge in [0.1, 0.15) is 11.3 Å². The molecule has 1 fully saturated rings. The topological polar surface area (TPSA) is 90.5 Å². The monoisotopic (exact) mass is 591 g/mol. The fourth-order valence-electron chi connectivity index (χ4n) is 5.72. The lowest BCUT2D eigenvalue weighted by molar-refractivity contribution is 0.680. The highest BCUT2D eigenvalue weighted by Gasteiger charge is 2.17. The molecule has 1 saturated carbocycles. The molecule has 9 heteroatoms. The van der Waals surface area contributed by atoms with Gasteiger partial charge in [-0.2, -0.15) is 4.98 Å². The van der Waals surface area contributed by atoms with E-state index >= 15 is 0 Å². The van der Waals surface area contributed by atoms with Crippen molar-refractivity contribution in [3.8, 4) is 0 Å². The molecule has 220 valence electrons. The highest BCUT2D eigenvalue weighted by atomic mass is 32.2. The smallest absolute Gasteiger partial charge is 0.224 e. The number of fused-ring (bicyclic) bond motifs is 2. The average Bonchev–Trinajstić information content (AvgIpc) is 3.73. The minimum Gasteiger partial charge on any atom is -0.351 e. The van der Waals surface area contributed by atoms with Crippen LogP contribution in [0.2, 0.25) is 0 Å². The maximum atomic E-state index is 11.5. The van der Waals surface area contributed by atoms with E-state index in [0.29, 0.717) is 11.2 Å². The van der Waals surface area contributed by atoms with Crippen molar-refractivity contribution in [2.45, 2.75) is 49.7 Å². The average molecular weight is 592 g/mol. The zero-order valence-electron chi connectivity index (χ0n) is 24.9. The number of hydrogen-bond donors (Lipinski definition) is 1. The van der Waals surface area contributed by atoms with E-state index in [2.05, 4.69) is 86.5 Å². The quantitative estimate of drug-likeness (QED) is 0.222. The van der Waals surface area contributed by atoms with E-state index in [4.69, 9.17) is 4.98 Å². The lowest BCUT2D eigenvalue weighted by Crippen LogP contribution is -2.16. The van der Waals surface area contributed by atoms with Crippen molar-refractivity contribution in [1.82, 2.24) is 29.1 Å². The third-order valence-corrected chi connectivity index (χ3v) is 8.82. The molecule has 4 aromatic heterocycles. The zero-order valence-corrected chi connectivity index (χ0v) is 25.7. The second-order valence-corrected chi connectivity index (χ2v) is 12.5. The van der Waals surface area contributed by atoms with Crippen LogP contribution in [0.1, 0.15) is 48.2 Å². The van der Waals surface area contributed by atoms with Gasteiger partial charge in [0.2, 0.25) is 11.1 Å². The van der Waals surface area contributed by atoms with Gasteiger partial charge in [-0.1, -0.05) is 73.5 Å². The van der Waals surface area contributed by atoms with Gasteiger partial charge >= 0.3 is 0 Å². The number of aromatic nitrogens is 6. The van der Waals surface area contributed by atoms with Crippen LogP contribution in [0.25, 0.3) is 22.1 Å². The molecule has 43 heavy (non-hydrogen) atoms. The summed E-state index contributed by atoms with van der Waals surface area (Å²) in [5.74, 6) is 0.761. The Morgan fingerprint density at radius 2 is 1.28 bits per heavy atom. The molecular formula is C34H37N7OS. The van der Waals surface area contributed by atoms with Gasteiger partial charge in [-0.3, -0.25) is 4.21 Å². The summed E-state index contributed by atoms with van der Waals surface area (Å²) >= 11 is 0. The standard InChI is InChI=1S/C19H22N4.C15H15N3OS/c1-23-17(11-14-7-3-2-4-8-14)12-15-13-20-19(22-18(15)23)21-16-9-5-6-10-16;1-18-13(8-11-6-4-3-5-7-11)9-12-10-16-15(20(2)19)17-14(12)18/h2-4,7-8,12-13,16H,5-6,9-11H2,1H3,(H,20,21,22);3-7,9-10H,8H2,1-2H3. The zero-order chi connectivity index (χ0) is 29.8. The molecule has 0 radical (unpaired) electrons. The maximum Gasteiger partial charge on any atom is 0.224 e. The van der Waals surface area contributed by atoms with E-state index in [1.807, 2.05) is 36.0 Å². The largest absolute Gasteiger partial charge is 0.351 e. The molecule has 8 nitrogen and oxygen atoms in total. The predicted octanol–water partition coefficient (Wildman–Crippen LogP) is 6.21. The van der Waals surface area contributed by atoms with E-state index in [1.54, 1.807) is 12.5 Å². The molecule has 1 aliphatic rings. The molecule has 0 aliphatic heterocycles. The van der Waals surface area contributed by atoms with Crippen LogP contribution in [-0.4, -0.2) is 45.6 Å². The van der Waals surface area contributed by atoms with Crippen LogP contribution < -0.4 is 5.32 Å². The normalized spacial score (nSPS) is 14.1. The van der Waals surface area contributed by atoms with Crippen molar-refractivity contribution in [3.05, 3.63) is 108 Å². The molecule has 2 aromatic carbocycles. The third-order valence-electron chi connectivity index (χ3n) is 8.11. The van der Waals surface area contributed by atoms with Gasteiger partial charge in [0, 0.05) is 73.8 Å². The first-order valence-electron chi connectivity index (χ1n) is 14.7. The van der Waals surface area contributed by atoms with Gasteiger partial charge in [0.05, 0.1) is 10.8 Å². The first-order valence-corrected chi connectivity index (χ1v) is 16.3. The van der Waals surface area contributed by atoms with Crippen molar-refractivity contribution in [3.63, 3.8) is 0 Å². The number of nitrogens with one attached hydrogen (secondary N) is 1. The minimum absolute atomic E-state index is 0.380. The van der Waals surface area contributed by atoms with Gasteiger partial charge in [-0.15, -0.1) is 0 Å². The van der Waals surface area contributed by atoms with Crippen LogP contribution in [0.3, 0.4) is 0 Å². The molecule has 4 heterocycles. The molecule has 1 N–H and O–H groups in total. The SMILES string of the molecule is Cn1c(Cc2ccccc2)cc2cnc(NC3CCCC3)nc21.Cn1c(Cc2ccccc2)cc2cnc(S(C)=O)nc21. The van der Waals surface area contributed by atoms with Gasteiger partial charge in [0.15, 0.2) is 0 Å². The van der Waals surface area contributed by atoms with Gasteiger partial charge in [0.25, 0.3) is 0 Å². The Bertz CT molecular complexity index is 1860. The lowest BCUT2D eigenvalue weighted by atomic mass is 10.1. The Morgan fingerprint density at radius 3 is 1.81 bits per heavy atom. The first-order chi connectivity index (χ1) is 20.9. The van der Waals surface area contributed by atoms with Crippen molar-refractivity contribution in [1.29, 1.82) is 0 Å². The molecule has 0 amide bonds. The van der Waals surface area contributed by atoms with E-state index in [1.165, 1.54) is 48.2 Å². The van der Waals surface area contributed by atoms with E-state index < -0.39 is 10.8 Å². The highest BCUT2D eigenvalue weighted by Crippen LogP contribution is 2.24. The highest BCUT2D eigenvalue weighted by molar-refractivity contribution is 7.84. The third kappa shape index (κ3) is 6.67. The molecule has 0 spiro atoms. The summed E-state index contributed by atoms with van der Waals surface area (Å²) in [5.41, 5.74) is 6.84. The van der Waals surface area contributed by atoms with Crippen LogP contribution >= 0.6 is 0 Å². The molecule has 0 bridgehead atoms. The summed E-state index contributed by atoms with van der Waals surface area (Å²) in [4.78, 5) is 17.8. The Labute approximate surface area is 254 Å². The Balaban J connectivity index is 0.000000155. The lowest BCUT2D eigenvalue weighted by Gasteiger charge is -2.11. The molecular weight excluding hydrogens is 554 g/mol. The number of rotatable bonds is 7. The number of anilines is 1. The van der Waals surface area contributed by atoms with Crippen molar-refractivity contribution < 1.29 is 4.21 Å². The van der Waals surface area contributed by atoms with Gasteiger partial charge in [-0.05, 0) is 36.1 Å². The van der Waals surface area contributed by atoms with Crippen LogP contribution in [-0.2, 0) is 37.7 Å². The Kier molecular flexibility index (Phi) is 8.60. The minimum atomic E-state index is -1.16. The van der Waals surface area contributed by atoms with E-state index in [-0.39, 0.29) is 0 Å². The van der Waals surface area contributed by atoms with Crippen LogP contribution in [0.15, 0.2) is 90.3 Å². The molecule has 1 aliphatic carbocycles. The Hall–Kier alpha value is -4.37. The van der Waals surface area contributed by atoms with Crippen molar-refractivity contribution >= 4 is 38.8 Å². The number of nitrogens with zero attached hydrogens (tertiary/aromatic N) is 6. The van der Waals surface area contributed by atoms with Crippen molar-refractivity contribution in [2.24, 2.45) is 14.1 Å². The second-order valence-electron chi connectivity index (χ2n) is 11.2. The molecule has 0 saturated heterocycles. The molecule has 1 atom stereocenters. The van der Waals surface area contributed by atoms with Crippen molar-refractivity contribution in [2.75, 3.05) is 11.6 Å². The fraction of sp³-hybridized carbons (Fsp3) is 0.294. The molecule has 6 aromatic rings. The van der Waals surface area contributed by atoms with Crippen LogP contribution in [0.4, 0.5) is 5.95 Å². The summed E-state index contributed by atoms with van der Waals surface area (Å²) in [6, 6.07) is 25.7. The molecule has 1 unspecified atom stereocenters. The molecule has 7 rings (SSSR count). The number of hydrogen-bond acceptors (Lipinski definition) is 6. The summed E-state index contributed by atoms with van der Waals surface area (Å²) in [6.45, 7) is 0. The van der Waals surface area contributed by atoms with E-state index in [9.17, 15) is 4.21 Å². The van der Waals surface area contributed by atoms with Gasteiger partial charge in [-0.25, -0.2) is 15.0 Å². The van der Waals surface area contributed by atoms with Crippen LogP contribution in [0, 0.1) is 0 Å². The van der Waals surface area contributed by atoms with Gasteiger partial charge < -0.3 is 14.5 Å². The van der Waals surface area contributed by atoms with E-state index in [0.717, 1.165) is 40.9 Å². The summed E-state index contributed by atoms with van der Waals surface area (Å²) < 4.78 is 15.7. The first kappa shape index (κ1) is 28.7. The second kappa shape index (κ2) is 12.9. The fourth-order valence-corrected chi connectivity index (χ4v) is 6.14. The Morgan fingerprint density at radius 1 is 0.767 bits per heavy atom. The van der Waals surface area contributed by atoms with Crippen LogP contribution in [0.5, 0.6) is 0 Å². The summed E-state index contributed by atoms with van der Waals surface area (Å²) in [7, 11) is 2.91. The summed E-state index contributed by atoms with van der Waals surface area (Å²) in [5, 5.41) is 5.95. The number of aryl methyl sites for hydroxylation is 2. The number of benzene rings is 2. The summed E-state index contributed by atoms with van der Waals surface area (Å²) in [6.07, 6.45) is 12.1. The predicted molar refractivity (Wildman–Crippen MR) is 174 cm³/mol.